The number of nitrogens with zero attached hydrogens (tertiary/aromatic N) is 4. The van der Waals surface area contributed by atoms with Gasteiger partial charge in [-0.2, -0.15) is 0 Å². The van der Waals surface area contributed by atoms with Gasteiger partial charge in [0.25, 0.3) is 5.69 Å². The van der Waals surface area contributed by atoms with E-state index in [2.05, 4.69) is 15.6 Å². The lowest BCUT2D eigenvalue weighted by molar-refractivity contribution is -0.384. The van der Waals surface area contributed by atoms with Crippen molar-refractivity contribution in [3.05, 3.63) is 45.5 Å². The Bertz CT molecular complexity index is 605. The zero-order chi connectivity index (χ0) is 14.5. The number of hydrogen-bond acceptors (Lipinski definition) is 5. The molecular formula is C11H11ClFN5O2. The Morgan fingerprint density at radius 1 is 1.50 bits per heavy atom. The fourth-order valence-electron chi connectivity index (χ4n) is 1.65. The molecule has 106 valence electrons. The molecule has 2 aromatic rings. The fourth-order valence-corrected chi connectivity index (χ4v) is 1.81. The van der Waals surface area contributed by atoms with Crippen LogP contribution in [0.2, 0.25) is 5.02 Å². The van der Waals surface area contributed by atoms with Crippen molar-refractivity contribution in [3.8, 4) is 0 Å². The summed E-state index contributed by atoms with van der Waals surface area (Å²) in [6.45, 7) is 1.08. The Morgan fingerprint density at radius 3 is 2.95 bits per heavy atom. The van der Waals surface area contributed by atoms with Crippen molar-refractivity contribution in [2.75, 3.05) is 11.9 Å². The van der Waals surface area contributed by atoms with Crippen LogP contribution in [0.15, 0.2) is 24.5 Å². The number of anilines is 1. The standard InChI is InChI=1S/C11H11ClFN5O2/c12-8-6-10(11(18(19)20)7-9(8)13)14-2-1-4-17-5-3-15-16-17/h3,5-7,14H,1-2,4H2. The minimum Gasteiger partial charge on any atom is -0.379 e. The van der Waals surface area contributed by atoms with E-state index in [4.69, 9.17) is 11.6 Å². The van der Waals surface area contributed by atoms with Gasteiger partial charge < -0.3 is 5.32 Å². The largest absolute Gasteiger partial charge is 0.379 e. The Hall–Kier alpha value is -2.22. The average Bonchev–Trinajstić information content (AvgIpc) is 2.91. The second-order valence-corrected chi connectivity index (χ2v) is 4.39. The van der Waals surface area contributed by atoms with Gasteiger partial charge in [-0.05, 0) is 12.5 Å². The normalized spacial score (nSPS) is 10.5. The fraction of sp³-hybridized carbons (Fsp3) is 0.273. The van der Waals surface area contributed by atoms with Crippen molar-refractivity contribution in [1.29, 1.82) is 0 Å². The van der Waals surface area contributed by atoms with E-state index in [9.17, 15) is 14.5 Å². The van der Waals surface area contributed by atoms with Crippen LogP contribution in [0.1, 0.15) is 6.42 Å². The number of aryl methyl sites for hydroxylation is 1. The molecule has 0 bridgehead atoms. The number of nitro benzene ring substituents is 1. The quantitative estimate of drug-likeness (QED) is 0.503. The van der Waals surface area contributed by atoms with E-state index < -0.39 is 10.7 Å². The lowest BCUT2D eigenvalue weighted by Gasteiger charge is -2.08. The van der Waals surface area contributed by atoms with Crippen LogP contribution >= 0.6 is 11.6 Å². The third kappa shape index (κ3) is 3.41. The molecule has 9 heteroatoms. The second kappa shape index (κ2) is 6.29. The number of rotatable bonds is 6. The molecule has 0 atom stereocenters. The highest BCUT2D eigenvalue weighted by atomic mass is 35.5. The van der Waals surface area contributed by atoms with Crippen molar-refractivity contribution >= 4 is 23.0 Å². The summed E-state index contributed by atoms with van der Waals surface area (Å²) in [6, 6.07) is 2.02. The lowest BCUT2D eigenvalue weighted by Crippen LogP contribution is -2.09. The van der Waals surface area contributed by atoms with Gasteiger partial charge in [-0.3, -0.25) is 14.8 Å². The molecule has 1 aromatic carbocycles. The van der Waals surface area contributed by atoms with E-state index in [0.29, 0.717) is 19.5 Å². The lowest BCUT2D eigenvalue weighted by atomic mass is 10.2. The molecule has 0 saturated carbocycles. The number of nitrogens with one attached hydrogen (secondary N) is 1. The molecule has 2 rings (SSSR count). The zero-order valence-electron chi connectivity index (χ0n) is 10.3. The van der Waals surface area contributed by atoms with E-state index >= 15 is 0 Å². The summed E-state index contributed by atoms with van der Waals surface area (Å²) >= 11 is 5.62. The average molecular weight is 300 g/mol. The first-order valence-corrected chi connectivity index (χ1v) is 6.17. The molecule has 1 N–H and O–H groups in total. The van der Waals surface area contributed by atoms with Crippen molar-refractivity contribution in [3.63, 3.8) is 0 Å². The highest BCUT2D eigenvalue weighted by molar-refractivity contribution is 6.31. The van der Waals surface area contributed by atoms with Gasteiger partial charge in [-0.15, -0.1) is 5.10 Å². The van der Waals surface area contributed by atoms with E-state index in [1.807, 2.05) is 0 Å². The number of nitro groups is 1. The minimum absolute atomic E-state index is 0.158. The monoisotopic (exact) mass is 299 g/mol. The minimum atomic E-state index is -0.813. The van der Waals surface area contributed by atoms with Crippen molar-refractivity contribution < 1.29 is 9.31 Å². The highest BCUT2D eigenvalue weighted by Gasteiger charge is 2.17. The molecule has 1 aromatic heterocycles. The summed E-state index contributed by atoms with van der Waals surface area (Å²) in [6.07, 6.45) is 3.96. The molecule has 1 heterocycles. The molecule has 0 aliphatic rings. The van der Waals surface area contributed by atoms with Gasteiger partial charge in [0.2, 0.25) is 0 Å². The van der Waals surface area contributed by atoms with E-state index in [1.54, 1.807) is 17.1 Å². The van der Waals surface area contributed by atoms with Gasteiger partial charge in [-0.1, -0.05) is 16.8 Å². The number of hydrogen-bond donors (Lipinski definition) is 1. The molecule has 20 heavy (non-hydrogen) atoms. The summed E-state index contributed by atoms with van der Waals surface area (Å²) in [4.78, 5) is 10.2. The second-order valence-electron chi connectivity index (χ2n) is 3.99. The Morgan fingerprint density at radius 2 is 2.30 bits per heavy atom. The van der Waals surface area contributed by atoms with Crippen LogP contribution < -0.4 is 5.32 Å². The smallest absolute Gasteiger partial charge is 0.295 e. The van der Waals surface area contributed by atoms with Gasteiger partial charge in [-0.25, -0.2) is 4.39 Å². The molecule has 0 aliphatic heterocycles. The highest BCUT2D eigenvalue weighted by Crippen LogP contribution is 2.30. The van der Waals surface area contributed by atoms with Gasteiger partial charge >= 0.3 is 0 Å². The van der Waals surface area contributed by atoms with Crippen molar-refractivity contribution in [1.82, 2.24) is 15.0 Å². The summed E-state index contributed by atoms with van der Waals surface area (Å²) in [7, 11) is 0. The molecule has 0 aliphatic carbocycles. The van der Waals surface area contributed by atoms with Crippen LogP contribution in [0, 0.1) is 15.9 Å². The summed E-state index contributed by atoms with van der Waals surface area (Å²) in [5, 5.41) is 21.0. The molecule has 0 radical (unpaired) electrons. The third-order valence-electron chi connectivity index (χ3n) is 2.59. The predicted molar refractivity (Wildman–Crippen MR) is 71.2 cm³/mol. The maximum Gasteiger partial charge on any atom is 0.295 e. The maximum absolute atomic E-state index is 13.2. The summed E-state index contributed by atoms with van der Waals surface area (Å²) in [5.74, 6) is -0.813. The van der Waals surface area contributed by atoms with Crippen molar-refractivity contribution in [2.24, 2.45) is 0 Å². The number of halogens is 2. The molecule has 0 fully saturated rings. The van der Waals surface area contributed by atoms with Crippen LogP contribution in [0.5, 0.6) is 0 Å². The van der Waals surface area contributed by atoms with Crippen LogP contribution in [0.4, 0.5) is 15.8 Å². The van der Waals surface area contributed by atoms with E-state index in [-0.39, 0.29) is 16.4 Å². The van der Waals surface area contributed by atoms with Gasteiger partial charge in [0.1, 0.15) is 11.5 Å². The Labute approximate surface area is 118 Å². The van der Waals surface area contributed by atoms with Crippen LogP contribution in [-0.4, -0.2) is 26.5 Å². The third-order valence-corrected chi connectivity index (χ3v) is 2.88. The first-order chi connectivity index (χ1) is 9.58. The number of aromatic nitrogens is 3. The number of benzene rings is 1. The zero-order valence-corrected chi connectivity index (χ0v) is 11.0. The van der Waals surface area contributed by atoms with Crippen LogP contribution in [0.3, 0.4) is 0 Å². The maximum atomic E-state index is 13.2. The van der Waals surface area contributed by atoms with E-state index in [0.717, 1.165) is 6.07 Å². The Balaban J connectivity index is 1.98. The van der Waals surface area contributed by atoms with Gasteiger partial charge in [0.05, 0.1) is 22.2 Å². The molecular weight excluding hydrogens is 289 g/mol. The first-order valence-electron chi connectivity index (χ1n) is 5.79. The molecule has 0 saturated heterocycles. The SMILES string of the molecule is O=[N+]([O-])c1cc(F)c(Cl)cc1NCCCn1ccnn1. The van der Waals surface area contributed by atoms with Crippen LogP contribution in [0.25, 0.3) is 0 Å². The van der Waals surface area contributed by atoms with Gasteiger partial charge in [0.15, 0.2) is 0 Å². The first kappa shape index (κ1) is 14.2. The Kier molecular flexibility index (Phi) is 4.46. The molecule has 0 spiro atoms. The molecule has 0 unspecified atom stereocenters. The van der Waals surface area contributed by atoms with Gasteiger partial charge in [0, 0.05) is 19.3 Å². The molecule has 7 nitrogen and oxygen atoms in total. The summed E-state index contributed by atoms with van der Waals surface area (Å²) in [5.41, 5.74) is -0.146. The van der Waals surface area contributed by atoms with Crippen molar-refractivity contribution in [2.45, 2.75) is 13.0 Å². The topological polar surface area (TPSA) is 85.9 Å². The van der Waals surface area contributed by atoms with E-state index in [1.165, 1.54) is 6.07 Å². The predicted octanol–water partition coefficient (Wildman–Crippen LogP) is 2.48. The van der Waals surface area contributed by atoms with Crippen LogP contribution in [-0.2, 0) is 6.54 Å². The summed E-state index contributed by atoms with van der Waals surface area (Å²) < 4.78 is 14.9. The molecule has 0 amide bonds.